The van der Waals surface area contributed by atoms with Crippen molar-refractivity contribution in [3.8, 4) is 5.75 Å². The molecule has 0 saturated heterocycles. The topological polar surface area (TPSA) is 72.9 Å². The molecule has 0 saturated carbocycles. The van der Waals surface area contributed by atoms with Crippen LogP contribution in [0.4, 0.5) is 0 Å². The van der Waals surface area contributed by atoms with E-state index in [1.165, 1.54) is 4.90 Å². The van der Waals surface area contributed by atoms with Crippen molar-refractivity contribution in [1.82, 2.24) is 4.90 Å². The average Bonchev–Trinajstić information content (AvgIpc) is 3.13. The fourth-order valence-corrected chi connectivity index (χ4v) is 4.10. The van der Waals surface area contributed by atoms with Crippen LogP contribution in [0, 0.1) is 0 Å². The molecule has 4 rings (SSSR count). The van der Waals surface area contributed by atoms with E-state index in [9.17, 15) is 14.4 Å². The Hall–Kier alpha value is -3.93. The number of methoxy groups -OCH3 is 1. The number of carbonyl (C=O) groups is 3. The number of unbranched alkanes of at least 4 members (excludes halogenated alkanes) is 2. The lowest BCUT2D eigenvalue weighted by atomic mass is 10.0. The minimum Gasteiger partial charge on any atom is -0.497 e. The molecule has 3 aromatic carbocycles. The van der Waals surface area contributed by atoms with Gasteiger partial charge in [-0.05, 0) is 61.2 Å². The summed E-state index contributed by atoms with van der Waals surface area (Å²) in [7, 11) is 1.61. The molecule has 0 aliphatic carbocycles. The molecule has 6 nitrogen and oxygen atoms in total. The van der Waals surface area contributed by atoms with Crippen LogP contribution < -0.4 is 4.74 Å². The molecular formula is C28H27NO5. The summed E-state index contributed by atoms with van der Waals surface area (Å²) < 4.78 is 11.1. The third-order valence-corrected chi connectivity index (χ3v) is 5.97. The predicted molar refractivity (Wildman–Crippen MR) is 128 cm³/mol. The fourth-order valence-electron chi connectivity index (χ4n) is 4.10. The van der Waals surface area contributed by atoms with Crippen LogP contribution in [0.5, 0.6) is 5.75 Å². The largest absolute Gasteiger partial charge is 0.497 e. The van der Waals surface area contributed by atoms with Gasteiger partial charge in [0.15, 0.2) is 0 Å². The van der Waals surface area contributed by atoms with Crippen LogP contribution in [0.2, 0.25) is 0 Å². The SMILES string of the molecule is COc1ccc(C(CCCCCN2C(=O)c3ccccc3C2=O)OC(=O)c2ccccc2)cc1. The number of hydrogen-bond acceptors (Lipinski definition) is 5. The Bertz CT molecular complexity index is 1120. The Balaban J connectivity index is 1.34. The number of amides is 2. The lowest BCUT2D eigenvalue weighted by molar-refractivity contribution is 0.0269. The van der Waals surface area contributed by atoms with Crippen molar-refractivity contribution in [2.45, 2.75) is 31.8 Å². The van der Waals surface area contributed by atoms with E-state index in [0.717, 1.165) is 24.2 Å². The van der Waals surface area contributed by atoms with Crippen molar-refractivity contribution < 1.29 is 23.9 Å². The molecule has 1 heterocycles. The predicted octanol–water partition coefficient (Wildman–Crippen LogP) is 5.45. The number of fused-ring (bicyclic) bond motifs is 1. The summed E-state index contributed by atoms with van der Waals surface area (Å²) in [6.45, 7) is 0.378. The fraction of sp³-hybridized carbons (Fsp3) is 0.250. The molecule has 174 valence electrons. The van der Waals surface area contributed by atoms with E-state index < -0.39 is 6.10 Å². The van der Waals surface area contributed by atoms with Gasteiger partial charge in [-0.25, -0.2) is 4.79 Å². The van der Waals surface area contributed by atoms with E-state index in [-0.39, 0.29) is 17.8 Å². The summed E-state index contributed by atoms with van der Waals surface area (Å²) in [5.74, 6) is -0.0905. The molecule has 6 heteroatoms. The molecule has 0 bridgehead atoms. The first-order valence-electron chi connectivity index (χ1n) is 11.4. The molecule has 1 atom stereocenters. The monoisotopic (exact) mass is 457 g/mol. The van der Waals surface area contributed by atoms with E-state index in [2.05, 4.69) is 0 Å². The summed E-state index contributed by atoms with van der Waals surface area (Å²) in [6, 6.07) is 23.3. The zero-order valence-corrected chi connectivity index (χ0v) is 19.1. The summed E-state index contributed by atoms with van der Waals surface area (Å²) in [4.78, 5) is 39.0. The molecule has 0 fully saturated rings. The number of imide groups is 1. The second-order valence-corrected chi connectivity index (χ2v) is 8.19. The smallest absolute Gasteiger partial charge is 0.338 e. The first-order chi connectivity index (χ1) is 16.6. The first kappa shape index (κ1) is 23.2. The minimum atomic E-state index is -0.405. The third-order valence-electron chi connectivity index (χ3n) is 5.97. The maximum absolute atomic E-state index is 12.7. The van der Waals surface area contributed by atoms with Gasteiger partial charge in [0.1, 0.15) is 11.9 Å². The molecule has 0 N–H and O–H groups in total. The molecule has 0 spiro atoms. The van der Waals surface area contributed by atoms with Gasteiger partial charge >= 0.3 is 5.97 Å². The molecule has 0 aromatic heterocycles. The van der Waals surface area contributed by atoms with Gasteiger partial charge in [-0.15, -0.1) is 0 Å². The van der Waals surface area contributed by atoms with Gasteiger partial charge in [0.25, 0.3) is 11.8 Å². The summed E-state index contributed by atoms with van der Waals surface area (Å²) >= 11 is 0. The lowest BCUT2D eigenvalue weighted by Crippen LogP contribution is -2.30. The number of rotatable bonds is 10. The highest BCUT2D eigenvalue weighted by molar-refractivity contribution is 6.21. The van der Waals surface area contributed by atoms with Crippen molar-refractivity contribution in [2.75, 3.05) is 13.7 Å². The maximum Gasteiger partial charge on any atom is 0.338 e. The van der Waals surface area contributed by atoms with E-state index in [1.54, 1.807) is 55.6 Å². The first-order valence-corrected chi connectivity index (χ1v) is 11.4. The van der Waals surface area contributed by atoms with E-state index in [1.807, 2.05) is 30.3 Å². The van der Waals surface area contributed by atoms with E-state index in [4.69, 9.17) is 9.47 Å². The zero-order valence-electron chi connectivity index (χ0n) is 19.1. The number of esters is 1. The van der Waals surface area contributed by atoms with Crippen molar-refractivity contribution in [3.63, 3.8) is 0 Å². The minimum absolute atomic E-state index is 0.228. The van der Waals surface area contributed by atoms with Crippen molar-refractivity contribution in [3.05, 3.63) is 101 Å². The number of carbonyl (C=O) groups excluding carboxylic acids is 3. The normalized spacial score (nSPS) is 13.5. The Morgan fingerprint density at radius 3 is 2.03 bits per heavy atom. The molecule has 34 heavy (non-hydrogen) atoms. The molecule has 1 unspecified atom stereocenters. The third kappa shape index (κ3) is 5.17. The average molecular weight is 458 g/mol. The Labute approximate surface area is 199 Å². The summed E-state index contributed by atoms with van der Waals surface area (Å²) in [5.41, 5.74) is 2.34. The standard InChI is InChI=1S/C28H27NO5/c1-33-22-17-15-20(16-18-22)25(34-28(32)21-10-4-2-5-11-21)14-6-3-9-19-29-26(30)23-12-7-8-13-24(23)27(29)31/h2,4-5,7-8,10-13,15-18,25H,3,6,9,14,19H2,1H3. The lowest BCUT2D eigenvalue weighted by Gasteiger charge is -2.19. The van der Waals surface area contributed by atoms with Gasteiger partial charge < -0.3 is 9.47 Å². The van der Waals surface area contributed by atoms with Crippen molar-refractivity contribution in [1.29, 1.82) is 0 Å². The Morgan fingerprint density at radius 1 is 0.794 bits per heavy atom. The van der Waals surface area contributed by atoms with Crippen LogP contribution in [0.1, 0.15) is 68.4 Å². The van der Waals surface area contributed by atoms with E-state index >= 15 is 0 Å². The summed E-state index contributed by atoms with van der Waals surface area (Å²) in [5, 5.41) is 0. The van der Waals surface area contributed by atoms with E-state index in [0.29, 0.717) is 36.1 Å². The van der Waals surface area contributed by atoms with Crippen LogP contribution in [-0.4, -0.2) is 36.3 Å². The quantitative estimate of drug-likeness (QED) is 0.230. The second kappa shape index (κ2) is 10.8. The van der Waals surface area contributed by atoms with Crippen LogP contribution in [0.15, 0.2) is 78.9 Å². The van der Waals surface area contributed by atoms with Gasteiger partial charge in [0.2, 0.25) is 0 Å². The molecular weight excluding hydrogens is 430 g/mol. The van der Waals surface area contributed by atoms with Crippen molar-refractivity contribution in [2.24, 2.45) is 0 Å². The number of hydrogen-bond donors (Lipinski definition) is 0. The number of ether oxygens (including phenoxy) is 2. The summed E-state index contributed by atoms with van der Waals surface area (Å²) in [6.07, 6.45) is 2.49. The van der Waals surface area contributed by atoms with Gasteiger partial charge in [-0.1, -0.05) is 48.9 Å². The second-order valence-electron chi connectivity index (χ2n) is 8.19. The highest BCUT2D eigenvalue weighted by atomic mass is 16.5. The number of nitrogens with zero attached hydrogens (tertiary/aromatic N) is 1. The Morgan fingerprint density at radius 2 is 1.41 bits per heavy atom. The van der Waals surface area contributed by atoms with Gasteiger partial charge in [0, 0.05) is 6.54 Å². The van der Waals surface area contributed by atoms with Crippen LogP contribution in [-0.2, 0) is 4.74 Å². The van der Waals surface area contributed by atoms with Gasteiger partial charge in [-0.2, -0.15) is 0 Å². The van der Waals surface area contributed by atoms with Crippen LogP contribution in [0.3, 0.4) is 0 Å². The van der Waals surface area contributed by atoms with Gasteiger partial charge in [-0.3, -0.25) is 14.5 Å². The van der Waals surface area contributed by atoms with Crippen molar-refractivity contribution >= 4 is 17.8 Å². The molecule has 1 aliphatic heterocycles. The zero-order chi connectivity index (χ0) is 23.9. The Kier molecular flexibility index (Phi) is 7.38. The number of benzene rings is 3. The van der Waals surface area contributed by atoms with Crippen LogP contribution in [0.25, 0.3) is 0 Å². The maximum atomic E-state index is 12.7. The van der Waals surface area contributed by atoms with Crippen LogP contribution >= 0.6 is 0 Å². The molecule has 2 amide bonds. The highest BCUT2D eigenvalue weighted by Gasteiger charge is 2.34. The molecule has 1 aliphatic rings. The highest BCUT2D eigenvalue weighted by Crippen LogP contribution is 2.28. The van der Waals surface area contributed by atoms with Gasteiger partial charge in [0.05, 0.1) is 23.8 Å². The molecule has 3 aromatic rings. The molecule has 0 radical (unpaired) electrons.